The van der Waals surface area contributed by atoms with Crippen molar-refractivity contribution < 1.29 is 4.79 Å². The molecule has 1 heterocycles. The number of nitrogens with two attached hydrogens (primary N) is 1. The molecule has 0 aromatic carbocycles. The maximum Gasteiger partial charge on any atom is 0.236 e. The molecule has 0 atom stereocenters. The van der Waals surface area contributed by atoms with Crippen molar-refractivity contribution in [3.8, 4) is 0 Å². The minimum atomic E-state index is 0.166. The number of carbonyl (C=O) groups is 1. The molecule has 0 saturated carbocycles. The fourth-order valence-corrected chi connectivity index (χ4v) is 2.58. The van der Waals surface area contributed by atoms with Crippen molar-refractivity contribution in [1.29, 1.82) is 0 Å². The zero-order chi connectivity index (χ0) is 14.4. The molecule has 0 spiro atoms. The molecule has 1 saturated heterocycles. The molecule has 1 aliphatic heterocycles. The summed E-state index contributed by atoms with van der Waals surface area (Å²) in [4.78, 5) is 16.5. The minimum Gasteiger partial charge on any atom is -0.393 e. The SMILES string of the molecule is CC(C)C1CCN(CC(=O)N(C)CCC(N)=S)CC1. The molecule has 2 N–H and O–H groups in total. The van der Waals surface area contributed by atoms with Gasteiger partial charge in [0.15, 0.2) is 0 Å². The summed E-state index contributed by atoms with van der Waals surface area (Å²) in [5.74, 6) is 1.74. The molecule has 0 radical (unpaired) electrons. The first-order valence-corrected chi connectivity index (χ1v) is 7.55. The highest BCUT2D eigenvalue weighted by Gasteiger charge is 2.23. The Labute approximate surface area is 122 Å². The summed E-state index contributed by atoms with van der Waals surface area (Å²) in [7, 11) is 1.82. The van der Waals surface area contributed by atoms with Crippen molar-refractivity contribution in [3.63, 3.8) is 0 Å². The van der Waals surface area contributed by atoms with Crippen LogP contribution in [0.1, 0.15) is 33.1 Å². The molecule has 0 aromatic heterocycles. The number of nitrogens with zero attached hydrogens (tertiary/aromatic N) is 2. The van der Waals surface area contributed by atoms with Gasteiger partial charge in [-0.1, -0.05) is 26.1 Å². The van der Waals surface area contributed by atoms with Crippen LogP contribution in [0.2, 0.25) is 0 Å². The average molecular weight is 285 g/mol. The second kappa shape index (κ2) is 7.80. The molecule has 0 unspecified atom stereocenters. The van der Waals surface area contributed by atoms with Crippen molar-refractivity contribution in [3.05, 3.63) is 0 Å². The molecule has 1 aliphatic rings. The van der Waals surface area contributed by atoms with Crippen molar-refractivity contribution >= 4 is 23.1 Å². The zero-order valence-corrected chi connectivity index (χ0v) is 13.2. The molecule has 19 heavy (non-hydrogen) atoms. The maximum atomic E-state index is 12.0. The number of thiocarbonyl (C=S) groups is 1. The molecule has 0 aliphatic carbocycles. The van der Waals surface area contributed by atoms with E-state index in [0.717, 1.165) is 24.9 Å². The standard InChI is InChI=1S/C14H27N3OS/c1-11(2)12-4-8-17(9-5-12)10-14(18)16(3)7-6-13(15)19/h11-12H,4-10H2,1-3H3,(H2,15,19). The maximum absolute atomic E-state index is 12.0. The largest absolute Gasteiger partial charge is 0.393 e. The predicted molar refractivity (Wildman–Crippen MR) is 83.0 cm³/mol. The Morgan fingerprint density at radius 1 is 1.42 bits per heavy atom. The Morgan fingerprint density at radius 2 is 2.00 bits per heavy atom. The summed E-state index contributed by atoms with van der Waals surface area (Å²) in [6, 6.07) is 0. The number of piperidine rings is 1. The second-order valence-corrected chi connectivity index (χ2v) is 6.41. The van der Waals surface area contributed by atoms with E-state index >= 15 is 0 Å². The molecule has 1 rings (SSSR count). The van der Waals surface area contributed by atoms with E-state index in [-0.39, 0.29) is 5.91 Å². The van der Waals surface area contributed by atoms with Crippen LogP contribution in [-0.4, -0.2) is 53.9 Å². The zero-order valence-electron chi connectivity index (χ0n) is 12.4. The van der Waals surface area contributed by atoms with Crippen LogP contribution in [0.4, 0.5) is 0 Å². The molecular weight excluding hydrogens is 258 g/mol. The summed E-state index contributed by atoms with van der Waals surface area (Å²) >= 11 is 4.83. The fraction of sp³-hybridized carbons (Fsp3) is 0.857. The van der Waals surface area contributed by atoms with E-state index in [2.05, 4.69) is 18.7 Å². The average Bonchev–Trinajstić information content (AvgIpc) is 2.36. The number of amides is 1. The highest BCUT2D eigenvalue weighted by atomic mass is 32.1. The molecule has 5 heteroatoms. The van der Waals surface area contributed by atoms with E-state index in [1.54, 1.807) is 4.90 Å². The van der Waals surface area contributed by atoms with Gasteiger partial charge in [0.1, 0.15) is 0 Å². The van der Waals surface area contributed by atoms with Crippen LogP contribution in [0.25, 0.3) is 0 Å². The Balaban J connectivity index is 2.28. The third kappa shape index (κ3) is 5.87. The summed E-state index contributed by atoms with van der Waals surface area (Å²) in [5.41, 5.74) is 5.45. The number of carbonyl (C=O) groups excluding carboxylic acids is 1. The van der Waals surface area contributed by atoms with Gasteiger partial charge in [0.2, 0.25) is 5.91 Å². The predicted octanol–water partition coefficient (Wildman–Crippen LogP) is 1.49. The molecule has 4 nitrogen and oxygen atoms in total. The normalized spacial score (nSPS) is 17.7. The molecule has 1 fully saturated rings. The van der Waals surface area contributed by atoms with E-state index in [0.29, 0.717) is 24.5 Å². The van der Waals surface area contributed by atoms with Gasteiger partial charge in [-0.2, -0.15) is 0 Å². The quantitative estimate of drug-likeness (QED) is 0.751. The first-order chi connectivity index (χ1) is 8.90. The van der Waals surface area contributed by atoms with E-state index in [1.807, 2.05) is 7.05 Å². The van der Waals surface area contributed by atoms with E-state index in [4.69, 9.17) is 18.0 Å². The third-order valence-corrected chi connectivity index (χ3v) is 4.26. The molecule has 0 bridgehead atoms. The van der Waals surface area contributed by atoms with E-state index in [9.17, 15) is 4.79 Å². The van der Waals surface area contributed by atoms with Gasteiger partial charge >= 0.3 is 0 Å². The van der Waals surface area contributed by atoms with Crippen LogP contribution in [0, 0.1) is 11.8 Å². The number of hydrogen-bond donors (Lipinski definition) is 1. The summed E-state index contributed by atoms with van der Waals surface area (Å²) in [6.45, 7) is 7.80. The van der Waals surface area contributed by atoms with E-state index < -0.39 is 0 Å². The number of hydrogen-bond acceptors (Lipinski definition) is 3. The molecule has 0 aromatic rings. The van der Waals surface area contributed by atoms with Gasteiger partial charge in [-0.3, -0.25) is 9.69 Å². The van der Waals surface area contributed by atoms with Crippen LogP contribution >= 0.6 is 12.2 Å². The minimum absolute atomic E-state index is 0.166. The van der Waals surface area contributed by atoms with Crippen LogP contribution in [0.5, 0.6) is 0 Å². The lowest BCUT2D eigenvalue weighted by molar-refractivity contribution is -0.131. The Morgan fingerprint density at radius 3 is 2.47 bits per heavy atom. The number of rotatable bonds is 6. The van der Waals surface area contributed by atoms with Crippen molar-refractivity contribution in [1.82, 2.24) is 9.80 Å². The lowest BCUT2D eigenvalue weighted by atomic mass is 9.87. The van der Waals surface area contributed by atoms with E-state index in [1.165, 1.54) is 12.8 Å². The molecule has 110 valence electrons. The Hall–Kier alpha value is -0.680. The Bertz CT molecular complexity index is 312. The topological polar surface area (TPSA) is 49.6 Å². The number of likely N-dealkylation sites (tertiary alicyclic amines) is 1. The van der Waals surface area contributed by atoms with Crippen LogP contribution in [0.15, 0.2) is 0 Å². The number of likely N-dealkylation sites (N-methyl/N-ethyl adjacent to an activating group) is 1. The summed E-state index contributed by atoms with van der Waals surface area (Å²) < 4.78 is 0. The molecular formula is C14H27N3OS. The Kier molecular flexibility index (Phi) is 6.72. The lowest BCUT2D eigenvalue weighted by Gasteiger charge is -2.34. The first kappa shape index (κ1) is 16.4. The monoisotopic (exact) mass is 285 g/mol. The van der Waals surface area contributed by atoms with Gasteiger partial charge in [-0.25, -0.2) is 0 Å². The van der Waals surface area contributed by atoms with Gasteiger partial charge < -0.3 is 10.6 Å². The van der Waals surface area contributed by atoms with Crippen molar-refractivity contribution in [2.45, 2.75) is 33.1 Å². The highest BCUT2D eigenvalue weighted by molar-refractivity contribution is 7.80. The first-order valence-electron chi connectivity index (χ1n) is 7.14. The van der Waals surface area contributed by atoms with Crippen LogP contribution in [-0.2, 0) is 4.79 Å². The second-order valence-electron chi connectivity index (χ2n) is 5.89. The smallest absolute Gasteiger partial charge is 0.236 e. The third-order valence-electron chi connectivity index (χ3n) is 4.05. The van der Waals surface area contributed by atoms with Gasteiger partial charge in [-0.15, -0.1) is 0 Å². The summed E-state index contributed by atoms with van der Waals surface area (Å²) in [5, 5.41) is 0. The highest BCUT2D eigenvalue weighted by Crippen LogP contribution is 2.24. The van der Waals surface area contributed by atoms with Crippen LogP contribution < -0.4 is 5.73 Å². The fourth-order valence-electron chi connectivity index (χ4n) is 2.49. The van der Waals surface area contributed by atoms with Gasteiger partial charge in [0, 0.05) is 20.0 Å². The lowest BCUT2D eigenvalue weighted by Crippen LogP contribution is -2.43. The van der Waals surface area contributed by atoms with Gasteiger partial charge in [-0.05, 0) is 37.8 Å². The van der Waals surface area contributed by atoms with Crippen LogP contribution in [0.3, 0.4) is 0 Å². The van der Waals surface area contributed by atoms with Gasteiger partial charge in [0.05, 0.1) is 11.5 Å². The van der Waals surface area contributed by atoms with Gasteiger partial charge in [0.25, 0.3) is 0 Å². The van der Waals surface area contributed by atoms with Crippen molar-refractivity contribution in [2.75, 3.05) is 33.2 Å². The molecule has 1 amide bonds. The summed E-state index contributed by atoms with van der Waals surface area (Å²) in [6.07, 6.45) is 3.02. The van der Waals surface area contributed by atoms with Crippen molar-refractivity contribution in [2.24, 2.45) is 17.6 Å².